The second kappa shape index (κ2) is 16.9. The fourth-order valence-electron chi connectivity index (χ4n) is 5.09. The molecule has 0 heterocycles. The van der Waals surface area contributed by atoms with Gasteiger partial charge in [-0.15, -0.1) is 10.2 Å². The van der Waals surface area contributed by atoms with Crippen molar-refractivity contribution in [2.45, 2.75) is 23.6 Å². The van der Waals surface area contributed by atoms with E-state index in [1.54, 1.807) is 26.0 Å². The Morgan fingerprint density at radius 3 is 1.20 bits per heavy atom. The van der Waals surface area contributed by atoms with Crippen molar-refractivity contribution in [1.82, 2.24) is 0 Å². The smallest absolute Gasteiger partial charge is 0.744 e. The standard InChI is InChI=1S/2C17H13N3O6S.Ca/c2*1-10-6-12(8-13(7-10)20(22)23)18-19-17-15-9-14(27(24,25)26)4-2-11(15)3-5-16(17)21;/h2*2-9,21H,1H3,(H,24,25,26);/q;;+2/p-2. The van der Waals surface area contributed by atoms with Gasteiger partial charge in [0.05, 0.1) is 31.0 Å². The molecule has 6 aromatic rings. The number of azo groups is 2. The summed E-state index contributed by atoms with van der Waals surface area (Å²) in [6.07, 6.45) is 0. The molecule has 0 bridgehead atoms. The molecule has 0 aliphatic heterocycles. The normalized spacial score (nSPS) is 11.7. The molecular formula is C34H24CaN6O12S2. The molecule has 0 aromatic heterocycles. The van der Waals surface area contributed by atoms with E-state index < -0.39 is 39.9 Å². The van der Waals surface area contributed by atoms with E-state index in [-0.39, 0.29) is 94.1 Å². The molecule has 0 aliphatic rings. The fourth-order valence-corrected chi connectivity index (χ4v) is 6.09. The second-order valence-corrected chi connectivity index (χ2v) is 14.3. The Morgan fingerprint density at radius 2 is 0.873 bits per heavy atom. The molecule has 2 N–H and O–H groups in total. The molecule has 18 nitrogen and oxygen atoms in total. The van der Waals surface area contributed by atoms with E-state index >= 15 is 0 Å². The van der Waals surface area contributed by atoms with Crippen LogP contribution in [0, 0.1) is 34.1 Å². The van der Waals surface area contributed by atoms with Crippen LogP contribution in [0.5, 0.6) is 11.5 Å². The van der Waals surface area contributed by atoms with Crippen LogP contribution in [0.2, 0.25) is 0 Å². The van der Waals surface area contributed by atoms with E-state index in [1.807, 2.05) is 0 Å². The van der Waals surface area contributed by atoms with Crippen LogP contribution in [0.1, 0.15) is 11.1 Å². The molecule has 6 aromatic carbocycles. The number of aryl methyl sites for hydroxylation is 2. The largest absolute Gasteiger partial charge is 2.00 e. The number of rotatable bonds is 8. The Labute approximate surface area is 341 Å². The Morgan fingerprint density at radius 1 is 0.527 bits per heavy atom. The summed E-state index contributed by atoms with van der Waals surface area (Å²) in [6.45, 7) is 3.32. The van der Waals surface area contributed by atoms with E-state index in [2.05, 4.69) is 20.5 Å². The number of nitro benzene ring substituents is 2. The Kier molecular flexibility index (Phi) is 13.0. The van der Waals surface area contributed by atoms with Gasteiger partial charge in [0.1, 0.15) is 43.1 Å². The molecular weight excluding hydrogens is 789 g/mol. The summed E-state index contributed by atoms with van der Waals surface area (Å²) in [6, 6.07) is 21.4. The predicted molar refractivity (Wildman–Crippen MR) is 197 cm³/mol. The SMILES string of the molecule is Cc1cc(N=Nc2c(O)ccc3ccc(S(=O)(=O)[O-])cc23)cc([N+](=O)[O-])c1.Cc1cc(N=Nc2c(O)ccc3ccc(S(=O)(=O)[O-])cc23)cc([N+](=O)[O-])c1.[Ca+2]. The number of nitrogens with zero attached hydrogens (tertiary/aromatic N) is 6. The molecule has 55 heavy (non-hydrogen) atoms. The number of non-ortho nitro benzene ring substituents is 2. The van der Waals surface area contributed by atoms with Crippen LogP contribution in [-0.4, -0.2) is 83.7 Å². The summed E-state index contributed by atoms with van der Waals surface area (Å²) in [7, 11) is -9.38. The average molecular weight is 813 g/mol. The first-order chi connectivity index (χ1) is 25.3. The van der Waals surface area contributed by atoms with Gasteiger partial charge in [-0.1, -0.05) is 24.3 Å². The van der Waals surface area contributed by atoms with Crippen molar-refractivity contribution >= 4 is 114 Å². The first kappa shape index (κ1) is 42.3. The third-order valence-electron chi connectivity index (χ3n) is 7.51. The molecule has 21 heteroatoms. The fraction of sp³-hybridized carbons (Fsp3) is 0.0588. The summed E-state index contributed by atoms with van der Waals surface area (Å²) in [5, 5.41) is 59.2. The van der Waals surface area contributed by atoms with Crippen molar-refractivity contribution in [2.75, 3.05) is 0 Å². The monoisotopic (exact) mass is 812 g/mol. The van der Waals surface area contributed by atoms with Gasteiger partial charge in [0.25, 0.3) is 11.4 Å². The van der Waals surface area contributed by atoms with Gasteiger partial charge in [0.2, 0.25) is 0 Å². The number of hydrogen-bond donors (Lipinski definition) is 2. The number of aromatic hydroxyl groups is 2. The van der Waals surface area contributed by atoms with E-state index in [9.17, 15) is 56.4 Å². The second-order valence-electron chi connectivity index (χ2n) is 11.5. The molecule has 0 saturated carbocycles. The molecule has 0 spiro atoms. The van der Waals surface area contributed by atoms with Crippen molar-refractivity contribution in [3.05, 3.63) is 128 Å². The van der Waals surface area contributed by atoms with Crippen LogP contribution in [-0.2, 0) is 20.2 Å². The quantitative estimate of drug-likeness (QED) is 0.0489. The van der Waals surface area contributed by atoms with Gasteiger partial charge in [-0.3, -0.25) is 20.2 Å². The number of phenols is 2. The van der Waals surface area contributed by atoms with Gasteiger partial charge in [-0.05, 0) is 84.3 Å². The minimum absolute atomic E-state index is 0. The maximum Gasteiger partial charge on any atom is 2.00 e. The van der Waals surface area contributed by atoms with E-state index in [1.165, 1.54) is 60.7 Å². The third-order valence-corrected chi connectivity index (χ3v) is 9.17. The van der Waals surface area contributed by atoms with Crippen LogP contribution >= 0.6 is 0 Å². The minimum Gasteiger partial charge on any atom is -0.744 e. The molecule has 6 rings (SSSR count). The summed E-state index contributed by atoms with van der Waals surface area (Å²) >= 11 is 0. The first-order valence-corrected chi connectivity index (χ1v) is 17.9. The maximum atomic E-state index is 11.3. The van der Waals surface area contributed by atoms with E-state index in [4.69, 9.17) is 0 Å². The molecule has 0 aliphatic carbocycles. The number of nitro groups is 2. The zero-order valence-corrected chi connectivity index (χ0v) is 32.3. The number of phenolic OH excluding ortho intramolecular Hbond substituents is 2. The van der Waals surface area contributed by atoms with Crippen LogP contribution in [0.15, 0.2) is 127 Å². The van der Waals surface area contributed by atoms with Crippen molar-refractivity contribution < 1.29 is 46.0 Å². The summed E-state index contributed by atoms with van der Waals surface area (Å²) < 4.78 is 67.5. The van der Waals surface area contributed by atoms with Crippen molar-refractivity contribution in [2.24, 2.45) is 20.5 Å². The van der Waals surface area contributed by atoms with Gasteiger partial charge in [-0.2, -0.15) is 10.2 Å². The molecule has 276 valence electrons. The van der Waals surface area contributed by atoms with Crippen molar-refractivity contribution in [3.63, 3.8) is 0 Å². The predicted octanol–water partition coefficient (Wildman–Crippen LogP) is 7.78. The van der Waals surface area contributed by atoms with Gasteiger partial charge in [0, 0.05) is 35.0 Å². The number of hydrogen-bond acceptors (Lipinski definition) is 16. The van der Waals surface area contributed by atoms with Gasteiger partial charge < -0.3 is 19.3 Å². The molecule has 0 fully saturated rings. The van der Waals surface area contributed by atoms with Crippen LogP contribution in [0.25, 0.3) is 21.5 Å². The summed E-state index contributed by atoms with van der Waals surface area (Å²) in [4.78, 5) is 19.8. The average Bonchev–Trinajstić information content (AvgIpc) is 3.09. The Hall–Kier alpha value is -5.48. The summed E-state index contributed by atoms with van der Waals surface area (Å²) in [5.41, 5.74) is 1.14. The van der Waals surface area contributed by atoms with Gasteiger partial charge in [-0.25, -0.2) is 16.8 Å². The van der Waals surface area contributed by atoms with E-state index in [0.717, 1.165) is 24.3 Å². The van der Waals surface area contributed by atoms with Gasteiger partial charge >= 0.3 is 37.7 Å². The minimum atomic E-state index is -4.69. The van der Waals surface area contributed by atoms with Gasteiger partial charge in [0.15, 0.2) is 0 Å². The maximum absolute atomic E-state index is 11.3. The Bertz CT molecular complexity index is 2610. The zero-order chi connectivity index (χ0) is 39.5. The molecule has 0 amide bonds. The molecule has 0 saturated heterocycles. The number of fused-ring (bicyclic) bond motifs is 2. The van der Waals surface area contributed by atoms with Crippen LogP contribution < -0.4 is 0 Å². The Balaban J connectivity index is 0.000000240. The molecule has 0 atom stereocenters. The summed E-state index contributed by atoms with van der Waals surface area (Å²) in [5.74, 6) is -0.567. The van der Waals surface area contributed by atoms with Crippen LogP contribution in [0.4, 0.5) is 34.1 Å². The zero-order valence-electron chi connectivity index (χ0n) is 28.4. The molecule has 0 radical (unpaired) electrons. The van der Waals surface area contributed by atoms with Crippen molar-refractivity contribution in [3.8, 4) is 11.5 Å². The molecule has 0 unspecified atom stereocenters. The third kappa shape index (κ3) is 10.4. The number of benzene rings is 6. The first-order valence-electron chi connectivity index (χ1n) is 15.1. The van der Waals surface area contributed by atoms with E-state index in [0.29, 0.717) is 21.9 Å². The topological polar surface area (TPSA) is 291 Å². The van der Waals surface area contributed by atoms with Crippen LogP contribution in [0.3, 0.4) is 0 Å². The van der Waals surface area contributed by atoms with Crippen molar-refractivity contribution in [1.29, 1.82) is 0 Å².